The third-order valence-corrected chi connectivity index (χ3v) is 7.59. The Balaban J connectivity index is 1.64. The quantitative estimate of drug-likeness (QED) is 0.347. The molecule has 0 aliphatic carbocycles. The molecular formula is C30H33F6N5O3. The number of allylic oxidation sites excluding steroid dienone is 3. The molecule has 8 nitrogen and oxygen atoms in total. The minimum atomic E-state index is -4.82. The van der Waals surface area contributed by atoms with Crippen molar-refractivity contribution < 1.29 is 40.7 Å². The third kappa shape index (κ3) is 7.28. The number of halogens is 6. The summed E-state index contributed by atoms with van der Waals surface area (Å²) in [5, 5.41) is 3.12. The largest absolute Gasteiger partial charge is 0.476 e. The molecule has 1 atom stereocenters. The molecule has 2 aliphatic rings. The van der Waals surface area contributed by atoms with E-state index in [9.17, 15) is 35.9 Å². The van der Waals surface area contributed by atoms with E-state index in [1.807, 2.05) is 30.1 Å². The first-order valence-corrected chi connectivity index (χ1v) is 14.0. The van der Waals surface area contributed by atoms with Gasteiger partial charge in [0.15, 0.2) is 0 Å². The average Bonchev–Trinajstić information content (AvgIpc) is 3.00. The molecule has 0 bridgehead atoms. The first kappa shape index (κ1) is 32.7. The topological polar surface area (TPSA) is 78.0 Å². The number of alkyl halides is 6. The van der Waals surface area contributed by atoms with Crippen molar-refractivity contribution in [2.45, 2.75) is 37.7 Å². The Labute approximate surface area is 251 Å². The molecule has 238 valence electrons. The summed E-state index contributed by atoms with van der Waals surface area (Å²) in [6, 6.07) is 4.52. The molecule has 2 aliphatic heterocycles. The number of piperazine rings is 1. The van der Waals surface area contributed by atoms with Gasteiger partial charge in [0.2, 0.25) is 5.60 Å². The van der Waals surface area contributed by atoms with Gasteiger partial charge in [-0.05, 0) is 56.2 Å². The molecular weight excluding hydrogens is 592 g/mol. The van der Waals surface area contributed by atoms with Gasteiger partial charge in [-0.2, -0.15) is 26.3 Å². The summed E-state index contributed by atoms with van der Waals surface area (Å²) in [5.74, 6) is -0.670. The number of carbonyl (C=O) groups excluding carboxylic acids is 2. The Morgan fingerprint density at radius 2 is 1.59 bits per heavy atom. The Bertz CT molecular complexity index is 1380. The van der Waals surface area contributed by atoms with Crippen molar-refractivity contribution in [3.63, 3.8) is 0 Å². The third-order valence-electron chi connectivity index (χ3n) is 7.59. The highest BCUT2D eigenvalue weighted by Crippen LogP contribution is 2.36. The van der Waals surface area contributed by atoms with E-state index in [4.69, 9.17) is 4.74 Å². The van der Waals surface area contributed by atoms with Gasteiger partial charge in [0.25, 0.3) is 11.8 Å². The predicted molar refractivity (Wildman–Crippen MR) is 149 cm³/mol. The number of benzene rings is 1. The van der Waals surface area contributed by atoms with Gasteiger partial charge in [-0.15, -0.1) is 0 Å². The van der Waals surface area contributed by atoms with E-state index in [1.54, 1.807) is 11.9 Å². The minimum Gasteiger partial charge on any atom is -0.476 e. The van der Waals surface area contributed by atoms with Crippen LogP contribution >= 0.6 is 0 Å². The van der Waals surface area contributed by atoms with Gasteiger partial charge in [0.1, 0.15) is 11.6 Å². The first-order chi connectivity index (χ1) is 20.8. The van der Waals surface area contributed by atoms with Gasteiger partial charge in [0, 0.05) is 52.2 Å². The number of nitrogens with zero attached hydrogens (tertiary/aromatic N) is 4. The summed E-state index contributed by atoms with van der Waals surface area (Å²) in [6.45, 7) is 3.00. The fourth-order valence-corrected chi connectivity index (χ4v) is 5.39. The van der Waals surface area contributed by atoms with Crippen molar-refractivity contribution in [1.29, 1.82) is 0 Å². The van der Waals surface area contributed by atoms with Crippen LogP contribution in [0.25, 0.3) is 0 Å². The van der Waals surface area contributed by atoms with Gasteiger partial charge >= 0.3 is 12.4 Å². The molecule has 1 unspecified atom stereocenters. The zero-order chi connectivity index (χ0) is 32.1. The summed E-state index contributed by atoms with van der Waals surface area (Å²) in [6.07, 6.45) is -1.70. The fraction of sp³-hybridized carbons (Fsp3) is 0.433. The Hall–Kier alpha value is -4.23. The Morgan fingerprint density at radius 3 is 2.18 bits per heavy atom. The number of piperidine rings is 1. The second-order valence-electron chi connectivity index (χ2n) is 10.5. The van der Waals surface area contributed by atoms with E-state index in [-0.39, 0.29) is 38.2 Å². The number of likely N-dealkylation sites (tertiary alicyclic amines) is 1. The first-order valence-electron chi connectivity index (χ1n) is 14.0. The van der Waals surface area contributed by atoms with Gasteiger partial charge in [-0.3, -0.25) is 14.6 Å². The maximum absolute atomic E-state index is 14.2. The number of ether oxygens (including phenoxy) is 1. The molecule has 2 amide bonds. The van der Waals surface area contributed by atoms with E-state index >= 15 is 0 Å². The van der Waals surface area contributed by atoms with Crippen molar-refractivity contribution >= 4 is 11.8 Å². The number of amides is 2. The van der Waals surface area contributed by atoms with Crippen LogP contribution < -0.4 is 10.1 Å². The van der Waals surface area contributed by atoms with Crippen molar-refractivity contribution in [3.05, 3.63) is 83.5 Å². The van der Waals surface area contributed by atoms with E-state index < -0.39 is 53.0 Å². The smallest absolute Gasteiger partial charge is 0.417 e. The lowest BCUT2D eigenvalue weighted by Crippen LogP contribution is -2.64. The summed E-state index contributed by atoms with van der Waals surface area (Å²) in [7, 11) is 1.78. The van der Waals surface area contributed by atoms with Crippen LogP contribution in [-0.4, -0.2) is 83.4 Å². The van der Waals surface area contributed by atoms with Crippen molar-refractivity contribution in [2.75, 3.05) is 46.3 Å². The van der Waals surface area contributed by atoms with Crippen molar-refractivity contribution in [2.24, 2.45) is 0 Å². The zero-order valence-corrected chi connectivity index (χ0v) is 24.2. The van der Waals surface area contributed by atoms with Gasteiger partial charge in [-0.25, -0.2) is 0 Å². The molecule has 0 radical (unpaired) electrons. The van der Waals surface area contributed by atoms with Crippen LogP contribution in [0.3, 0.4) is 0 Å². The zero-order valence-electron chi connectivity index (χ0n) is 24.2. The molecule has 1 aromatic heterocycles. The summed E-state index contributed by atoms with van der Waals surface area (Å²) >= 11 is 0. The summed E-state index contributed by atoms with van der Waals surface area (Å²) < 4.78 is 86.8. The lowest BCUT2D eigenvalue weighted by Gasteiger charge is -2.46. The summed E-state index contributed by atoms with van der Waals surface area (Å²) in [4.78, 5) is 36.1. The highest BCUT2D eigenvalue weighted by atomic mass is 19.4. The van der Waals surface area contributed by atoms with Crippen LogP contribution in [0.5, 0.6) is 5.75 Å². The Morgan fingerprint density at radius 1 is 0.932 bits per heavy atom. The lowest BCUT2D eigenvalue weighted by molar-refractivity contribution is -0.154. The van der Waals surface area contributed by atoms with Gasteiger partial charge in [0.05, 0.1) is 23.2 Å². The molecule has 14 heteroatoms. The number of aromatic nitrogens is 1. The normalized spacial score (nSPS) is 20.2. The highest BCUT2D eigenvalue weighted by molar-refractivity contribution is 5.96. The van der Waals surface area contributed by atoms with Crippen molar-refractivity contribution in [3.8, 4) is 5.75 Å². The van der Waals surface area contributed by atoms with Crippen LogP contribution in [0, 0.1) is 0 Å². The second kappa shape index (κ2) is 13.2. The average molecular weight is 626 g/mol. The Kier molecular flexibility index (Phi) is 9.79. The lowest BCUT2D eigenvalue weighted by atomic mass is 9.89. The molecule has 0 spiro atoms. The van der Waals surface area contributed by atoms with Crippen LogP contribution in [0.15, 0.2) is 66.8 Å². The summed E-state index contributed by atoms with van der Waals surface area (Å²) in [5.41, 5.74) is -4.49. The standard InChI is InChI=1S/C30H33F6N5O3/c1-3-4-6-25(37-2)39-15-17-40(18-16-39)27(43)28(44-22-9-7-21(8-10-22)29(31,32)33)12-5-14-41(20-28)26(42)23-19-38-13-11-24(23)30(34,35)36/h3-4,6-11,13,19,37H,5,12,14-18,20H2,1-2H3/b4-3-,25-6+. The van der Waals surface area contributed by atoms with E-state index in [0.29, 0.717) is 19.2 Å². The maximum atomic E-state index is 14.2. The van der Waals surface area contributed by atoms with Gasteiger partial charge < -0.3 is 24.8 Å². The predicted octanol–water partition coefficient (Wildman–Crippen LogP) is 4.95. The molecule has 2 saturated heterocycles. The number of nitrogens with one attached hydrogen (secondary N) is 1. The SMILES string of the molecule is C/C=C\C=C(/NC)N1CCN(C(=O)C2(Oc3ccc(C(F)(F)F)cc3)CCCN(C(=O)c3cnccc3C(F)(F)F)C2)CC1. The molecule has 2 fully saturated rings. The monoisotopic (exact) mass is 625 g/mol. The van der Waals surface area contributed by atoms with E-state index in [2.05, 4.69) is 10.3 Å². The molecule has 0 saturated carbocycles. The van der Waals surface area contributed by atoms with E-state index in [0.717, 1.165) is 47.4 Å². The fourth-order valence-electron chi connectivity index (χ4n) is 5.39. The van der Waals surface area contributed by atoms with Gasteiger partial charge in [-0.1, -0.05) is 12.2 Å². The van der Waals surface area contributed by atoms with Crippen LogP contribution in [0.2, 0.25) is 0 Å². The van der Waals surface area contributed by atoms with E-state index in [1.165, 1.54) is 0 Å². The number of rotatable bonds is 7. The number of pyridine rings is 1. The second-order valence-corrected chi connectivity index (χ2v) is 10.5. The number of hydrogen-bond acceptors (Lipinski definition) is 6. The molecule has 2 aromatic rings. The molecule has 44 heavy (non-hydrogen) atoms. The number of hydrogen-bond donors (Lipinski definition) is 1. The maximum Gasteiger partial charge on any atom is 0.417 e. The van der Waals surface area contributed by atoms with Crippen LogP contribution in [0.1, 0.15) is 41.3 Å². The van der Waals surface area contributed by atoms with Crippen molar-refractivity contribution in [1.82, 2.24) is 25.0 Å². The van der Waals surface area contributed by atoms with Crippen LogP contribution in [0.4, 0.5) is 26.3 Å². The number of carbonyl (C=O) groups is 2. The molecule has 1 aromatic carbocycles. The molecule has 4 rings (SSSR count). The highest BCUT2D eigenvalue weighted by Gasteiger charge is 2.49. The molecule has 1 N–H and O–H groups in total. The minimum absolute atomic E-state index is 0.0385. The molecule has 3 heterocycles. The van der Waals surface area contributed by atoms with Crippen LogP contribution in [-0.2, 0) is 17.1 Å².